The highest BCUT2D eigenvalue weighted by atomic mass is 16.1. The molecule has 0 rings (SSSR count). The van der Waals surface area contributed by atoms with Gasteiger partial charge in [-0.05, 0) is 39.4 Å². The third-order valence-electron chi connectivity index (χ3n) is 2.31. The van der Waals surface area contributed by atoms with Crippen molar-refractivity contribution in [3.05, 3.63) is 0 Å². The topological polar surface area (TPSA) is 58.4 Å². The first kappa shape index (κ1) is 15.4. The van der Waals surface area contributed by atoms with Crippen LogP contribution in [0.4, 0.5) is 0 Å². The Morgan fingerprint density at radius 3 is 2.44 bits per heavy atom. The predicted octanol–water partition coefficient (Wildman–Crippen LogP) is 0.818. The van der Waals surface area contributed by atoms with Gasteiger partial charge in [0.2, 0.25) is 5.91 Å². The van der Waals surface area contributed by atoms with Gasteiger partial charge in [-0.2, -0.15) is 0 Å². The highest BCUT2D eigenvalue weighted by molar-refractivity contribution is 5.76. The molecule has 0 aromatic rings. The largest absolute Gasteiger partial charge is 0.352 e. The minimum Gasteiger partial charge on any atom is -0.352 e. The van der Waals surface area contributed by atoms with Crippen LogP contribution in [-0.2, 0) is 4.79 Å². The molecular formula is C12H27N3O. The van der Waals surface area contributed by atoms with E-state index in [1.807, 2.05) is 14.1 Å². The second-order valence-electron chi connectivity index (χ2n) is 5.05. The van der Waals surface area contributed by atoms with Gasteiger partial charge in [-0.15, -0.1) is 0 Å². The molecule has 0 bridgehead atoms. The van der Waals surface area contributed by atoms with Crippen molar-refractivity contribution < 1.29 is 4.79 Å². The lowest BCUT2D eigenvalue weighted by Gasteiger charge is -2.24. The number of carbonyl (C=O) groups is 1. The van der Waals surface area contributed by atoms with Crippen molar-refractivity contribution in [2.75, 3.05) is 27.2 Å². The van der Waals surface area contributed by atoms with Crippen molar-refractivity contribution in [1.82, 2.24) is 10.2 Å². The summed E-state index contributed by atoms with van der Waals surface area (Å²) in [6.07, 6.45) is 2.33. The van der Waals surface area contributed by atoms with Crippen LogP contribution in [0.1, 0.15) is 33.1 Å². The van der Waals surface area contributed by atoms with Gasteiger partial charge < -0.3 is 16.0 Å². The molecule has 0 spiro atoms. The Bertz CT molecular complexity index is 183. The number of nitrogens with two attached hydrogens (primary N) is 1. The number of likely N-dealkylation sites (N-methyl/N-ethyl adjacent to an activating group) is 1. The summed E-state index contributed by atoms with van der Waals surface area (Å²) in [5.74, 6) is 0.720. The maximum Gasteiger partial charge on any atom is 0.220 e. The zero-order chi connectivity index (χ0) is 12.6. The van der Waals surface area contributed by atoms with Gasteiger partial charge in [0.1, 0.15) is 0 Å². The lowest BCUT2D eigenvalue weighted by atomic mass is 10.0. The number of carbonyl (C=O) groups excluding carboxylic acids is 1. The van der Waals surface area contributed by atoms with Gasteiger partial charge in [0.25, 0.3) is 0 Å². The van der Waals surface area contributed by atoms with Crippen molar-refractivity contribution in [1.29, 1.82) is 0 Å². The fourth-order valence-electron chi connectivity index (χ4n) is 1.75. The molecule has 0 fully saturated rings. The fraction of sp³-hybridized carbons (Fsp3) is 0.917. The van der Waals surface area contributed by atoms with Crippen molar-refractivity contribution in [2.45, 2.75) is 39.2 Å². The molecule has 4 nitrogen and oxygen atoms in total. The van der Waals surface area contributed by atoms with Gasteiger partial charge in [0.05, 0.1) is 0 Å². The second kappa shape index (κ2) is 8.53. The summed E-state index contributed by atoms with van der Waals surface area (Å²) in [4.78, 5) is 13.7. The van der Waals surface area contributed by atoms with Crippen molar-refractivity contribution in [3.8, 4) is 0 Å². The van der Waals surface area contributed by atoms with Crippen LogP contribution < -0.4 is 11.1 Å². The summed E-state index contributed by atoms with van der Waals surface area (Å²) >= 11 is 0. The molecule has 0 saturated carbocycles. The third kappa shape index (κ3) is 8.68. The van der Waals surface area contributed by atoms with Crippen molar-refractivity contribution in [3.63, 3.8) is 0 Å². The highest BCUT2D eigenvalue weighted by Crippen LogP contribution is 2.06. The first-order valence-corrected chi connectivity index (χ1v) is 6.09. The smallest absolute Gasteiger partial charge is 0.220 e. The average molecular weight is 229 g/mol. The van der Waals surface area contributed by atoms with Crippen LogP contribution in [0.2, 0.25) is 0 Å². The number of hydrogen-bond donors (Lipinski definition) is 2. The zero-order valence-electron chi connectivity index (χ0n) is 11.1. The maximum atomic E-state index is 11.6. The molecule has 16 heavy (non-hydrogen) atoms. The van der Waals surface area contributed by atoms with Crippen molar-refractivity contribution in [2.24, 2.45) is 11.7 Å². The van der Waals surface area contributed by atoms with E-state index in [2.05, 4.69) is 24.1 Å². The third-order valence-corrected chi connectivity index (χ3v) is 2.31. The van der Waals surface area contributed by atoms with E-state index < -0.39 is 0 Å². The quantitative estimate of drug-likeness (QED) is 0.648. The Balaban J connectivity index is 4.03. The van der Waals surface area contributed by atoms with Crippen LogP contribution in [-0.4, -0.2) is 44.0 Å². The van der Waals surface area contributed by atoms with Crippen molar-refractivity contribution >= 4 is 5.91 Å². The monoisotopic (exact) mass is 229 g/mol. The lowest BCUT2D eigenvalue weighted by Crippen LogP contribution is -2.42. The predicted molar refractivity (Wildman–Crippen MR) is 68.2 cm³/mol. The van der Waals surface area contributed by atoms with Crippen LogP contribution in [0, 0.1) is 5.92 Å². The first-order valence-electron chi connectivity index (χ1n) is 6.09. The normalized spacial score (nSPS) is 13.2. The highest BCUT2D eigenvalue weighted by Gasteiger charge is 2.14. The molecule has 0 aliphatic carbocycles. The molecule has 1 atom stereocenters. The zero-order valence-corrected chi connectivity index (χ0v) is 11.1. The van der Waals surface area contributed by atoms with E-state index in [1.54, 1.807) is 0 Å². The van der Waals surface area contributed by atoms with Crippen LogP contribution >= 0.6 is 0 Å². The maximum absolute atomic E-state index is 11.6. The van der Waals surface area contributed by atoms with E-state index in [0.29, 0.717) is 18.9 Å². The van der Waals surface area contributed by atoms with E-state index in [9.17, 15) is 4.79 Å². The number of hydrogen-bond acceptors (Lipinski definition) is 3. The average Bonchev–Trinajstić information content (AvgIpc) is 2.12. The SMILES string of the molecule is CC(C)CC(CN(C)C)NC(=O)CCCN. The van der Waals surface area contributed by atoms with Crippen LogP contribution in [0.15, 0.2) is 0 Å². The number of nitrogens with one attached hydrogen (secondary N) is 1. The molecular weight excluding hydrogens is 202 g/mol. The molecule has 4 heteroatoms. The van der Waals surface area contributed by atoms with E-state index in [4.69, 9.17) is 5.73 Å². The van der Waals surface area contributed by atoms with E-state index in [0.717, 1.165) is 19.4 Å². The lowest BCUT2D eigenvalue weighted by molar-refractivity contribution is -0.122. The number of amides is 1. The number of nitrogens with zero attached hydrogens (tertiary/aromatic N) is 1. The Morgan fingerprint density at radius 1 is 1.38 bits per heavy atom. The Hall–Kier alpha value is -0.610. The summed E-state index contributed by atoms with van der Waals surface area (Å²) in [7, 11) is 4.05. The molecule has 0 aromatic heterocycles. The summed E-state index contributed by atoms with van der Waals surface area (Å²) in [5, 5.41) is 3.08. The van der Waals surface area contributed by atoms with Crippen LogP contribution in [0.3, 0.4) is 0 Å². The molecule has 0 heterocycles. The van der Waals surface area contributed by atoms with Crippen LogP contribution in [0.25, 0.3) is 0 Å². The minimum absolute atomic E-state index is 0.123. The molecule has 0 aliphatic heterocycles. The van der Waals surface area contributed by atoms with Gasteiger partial charge in [-0.1, -0.05) is 13.8 Å². The van der Waals surface area contributed by atoms with Gasteiger partial charge in [0, 0.05) is 19.0 Å². The van der Waals surface area contributed by atoms with E-state index >= 15 is 0 Å². The Kier molecular flexibility index (Phi) is 8.21. The van der Waals surface area contributed by atoms with Gasteiger partial charge >= 0.3 is 0 Å². The second-order valence-corrected chi connectivity index (χ2v) is 5.05. The van der Waals surface area contributed by atoms with E-state index in [1.165, 1.54) is 0 Å². The summed E-state index contributed by atoms with van der Waals surface area (Å²) in [6.45, 7) is 5.83. The molecule has 3 N–H and O–H groups in total. The van der Waals surface area contributed by atoms with Crippen LogP contribution in [0.5, 0.6) is 0 Å². The fourth-order valence-corrected chi connectivity index (χ4v) is 1.75. The summed E-state index contributed by atoms with van der Waals surface area (Å²) in [6, 6.07) is 0.250. The molecule has 0 saturated heterocycles. The Labute approximate surface area is 99.6 Å². The Morgan fingerprint density at radius 2 is 2.00 bits per heavy atom. The summed E-state index contributed by atoms with van der Waals surface area (Å²) < 4.78 is 0. The minimum atomic E-state index is 0.123. The summed E-state index contributed by atoms with van der Waals surface area (Å²) in [5.41, 5.74) is 5.38. The molecule has 1 unspecified atom stereocenters. The number of rotatable bonds is 8. The first-order chi connectivity index (χ1) is 7.45. The van der Waals surface area contributed by atoms with Gasteiger partial charge in [-0.25, -0.2) is 0 Å². The molecule has 96 valence electrons. The van der Waals surface area contributed by atoms with Gasteiger partial charge in [0.15, 0.2) is 0 Å². The standard InChI is InChI=1S/C12H27N3O/c1-10(2)8-11(9-15(3)4)14-12(16)6-5-7-13/h10-11H,5-9,13H2,1-4H3,(H,14,16). The molecule has 1 amide bonds. The van der Waals surface area contributed by atoms with E-state index in [-0.39, 0.29) is 11.9 Å². The molecule has 0 aromatic carbocycles. The van der Waals surface area contributed by atoms with Gasteiger partial charge in [-0.3, -0.25) is 4.79 Å². The molecule has 0 aliphatic rings. The molecule has 0 radical (unpaired) electrons.